The van der Waals surface area contributed by atoms with E-state index in [9.17, 15) is 13.2 Å². The lowest BCUT2D eigenvalue weighted by atomic mass is 10.1. The van der Waals surface area contributed by atoms with Gasteiger partial charge in [-0.05, 0) is 43.3 Å². The van der Waals surface area contributed by atoms with Gasteiger partial charge in [0, 0.05) is 11.6 Å². The standard InChI is InChI=1S/C18H20ClNO6S/c1-11(14-10-13(24-2)6-8-16(14)25-3)20-27(22,23)17-9-12(18(21)26-4)5-7-15(17)19/h5-11,20H,1-4H3/t11-/m0/s1. The van der Waals surface area contributed by atoms with E-state index in [4.69, 9.17) is 21.1 Å². The molecule has 0 aliphatic heterocycles. The highest BCUT2D eigenvalue weighted by Gasteiger charge is 2.24. The van der Waals surface area contributed by atoms with Crippen LogP contribution in [-0.4, -0.2) is 35.7 Å². The molecule has 0 heterocycles. The molecule has 7 nitrogen and oxygen atoms in total. The molecule has 0 unspecified atom stereocenters. The van der Waals surface area contributed by atoms with E-state index in [1.54, 1.807) is 25.1 Å². The van der Waals surface area contributed by atoms with Gasteiger partial charge in [-0.3, -0.25) is 0 Å². The Bertz CT molecular complexity index is 945. The van der Waals surface area contributed by atoms with Crippen molar-refractivity contribution in [2.24, 2.45) is 0 Å². The summed E-state index contributed by atoms with van der Waals surface area (Å²) in [5, 5.41) is -0.0139. The molecule has 2 rings (SSSR count). The van der Waals surface area contributed by atoms with Crippen LogP contribution in [0.15, 0.2) is 41.3 Å². The molecule has 9 heteroatoms. The second-order valence-corrected chi connectivity index (χ2v) is 7.68. The van der Waals surface area contributed by atoms with Crippen LogP contribution in [0.5, 0.6) is 11.5 Å². The van der Waals surface area contributed by atoms with Crippen LogP contribution in [0.2, 0.25) is 5.02 Å². The monoisotopic (exact) mass is 413 g/mol. The zero-order valence-corrected chi connectivity index (χ0v) is 16.8. The molecule has 146 valence electrons. The smallest absolute Gasteiger partial charge is 0.337 e. The Kier molecular flexibility index (Phi) is 6.69. The van der Waals surface area contributed by atoms with E-state index >= 15 is 0 Å². The van der Waals surface area contributed by atoms with Crippen molar-refractivity contribution in [1.82, 2.24) is 4.72 Å². The van der Waals surface area contributed by atoms with Crippen molar-refractivity contribution in [3.8, 4) is 11.5 Å². The molecule has 0 radical (unpaired) electrons. The van der Waals surface area contributed by atoms with Crippen molar-refractivity contribution in [2.75, 3.05) is 21.3 Å². The van der Waals surface area contributed by atoms with Gasteiger partial charge in [0.25, 0.3) is 0 Å². The van der Waals surface area contributed by atoms with Gasteiger partial charge in [-0.1, -0.05) is 11.6 Å². The Morgan fingerprint density at radius 1 is 1.07 bits per heavy atom. The van der Waals surface area contributed by atoms with E-state index in [1.165, 1.54) is 39.5 Å². The quantitative estimate of drug-likeness (QED) is 0.701. The van der Waals surface area contributed by atoms with Crippen LogP contribution >= 0.6 is 11.6 Å². The highest BCUT2D eigenvalue weighted by molar-refractivity contribution is 7.89. The zero-order valence-electron chi connectivity index (χ0n) is 15.3. The first kappa shape index (κ1) is 21.0. The van der Waals surface area contributed by atoms with E-state index < -0.39 is 22.0 Å². The zero-order chi connectivity index (χ0) is 20.2. The highest BCUT2D eigenvalue weighted by atomic mass is 35.5. The summed E-state index contributed by atoms with van der Waals surface area (Å²) in [7, 11) is 0.177. The number of rotatable bonds is 7. The first-order valence-corrected chi connectivity index (χ1v) is 9.71. The molecule has 27 heavy (non-hydrogen) atoms. The summed E-state index contributed by atoms with van der Waals surface area (Å²) in [5.41, 5.74) is 0.662. The third-order valence-electron chi connectivity index (χ3n) is 3.88. The van der Waals surface area contributed by atoms with Gasteiger partial charge in [0.1, 0.15) is 16.4 Å². The number of hydrogen-bond acceptors (Lipinski definition) is 6. The van der Waals surface area contributed by atoms with E-state index in [1.807, 2.05) is 0 Å². The molecule has 0 saturated carbocycles. The van der Waals surface area contributed by atoms with Crippen molar-refractivity contribution < 1.29 is 27.4 Å². The van der Waals surface area contributed by atoms with E-state index in [0.717, 1.165) is 0 Å². The normalized spacial score (nSPS) is 12.3. The van der Waals surface area contributed by atoms with Crippen molar-refractivity contribution >= 4 is 27.6 Å². The average Bonchev–Trinajstić information content (AvgIpc) is 2.66. The van der Waals surface area contributed by atoms with Crippen LogP contribution in [0.25, 0.3) is 0 Å². The summed E-state index contributed by atoms with van der Waals surface area (Å²) >= 11 is 6.05. The first-order chi connectivity index (χ1) is 12.7. The molecule has 0 aliphatic carbocycles. The summed E-state index contributed by atoms with van der Waals surface area (Å²) in [5.74, 6) is 0.397. The molecule has 0 spiro atoms. The van der Waals surface area contributed by atoms with Gasteiger partial charge in [-0.2, -0.15) is 0 Å². The molecule has 0 fully saturated rings. The molecule has 0 amide bonds. The predicted molar refractivity (Wildman–Crippen MR) is 101 cm³/mol. The lowest BCUT2D eigenvalue weighted by Crippen LogP contribution is -2.27. The Morgan fingerprint density at radius 3 is 2.37 bits per heavy atom. The maximum absolute atomic E-state index is 12.8. The Balaban J connectivity index is 2.40. The van der Waals surface area contributed by atoms with Gasteiger partial charge in [-0.25, -0.2) is 17.9 Å². The molecular formula is C18H20ClNO6S. The molecule has 0 aliphatic rings. The van der Waals surface area contributed by atoms with Gasteiger partial charge in [0.2, 0.25) is 10.0 Å². The Labute approximate surface area is 163 Å². The average molecular weight is 414 g/mol. The van der Waals surface area contributed by atoms with Crippen molar-refractivity contribution in [2.45, 2.75) is 17.9 Å². The minimum atomic E-state index is -4.03. The maximum Gasteiger partial charge on any atom is 0.337 e. The minimum Gasteiger partial charge on any atom is -0.497 e. The minimum absolute atomic E-state index is 0.0139. The Morgan fingerprint density at radius 2 is 1.78 bits per heavy atom. The first-order valence-electron chi connectivity index (χ1n) is 7.85. The van der Waals surface area contributed by atoms with Crippen molar-refractivity contribution in [1.29, 1.82) is 0 Å². The van der Waals surface area contributed by atoms with Gasteiger partial charge in [0.05, 0.1) is 31.9 Å². The van der Waals surface area contributed by atoms with E-state index in [-0.39, 0.29) is 15.5 Å². The third kappa shape index (κ3) is 4.71. The SMILES string of the molecule is COC(=O)c1ccc(Cl)c(S(=O)(=O)N[C@@H](C)c2cc(OC)ccc2OC)c1. The summed E-state index contributed by atoms with van der Waals surface area (Å²) in [6, 6.07) is 8.31. The summed E-state index contributed by atoms with van der Waals surface area (Å²) < 4.78 is 43.3. The Hall–Kier alpha value is -2.29. The van der Waals surface area contributed by atoms with Crippen LogP contribution in [-0.2, 0) is 14.8 Å². The van der Waals surface area contributed by atoms with Crippen LogP contribution in [0.1, 0.15) is 28.9 Å². The second-order valence-electron chi connectivity index (χ2n) is 5.59. The summed E-state index contributed by atoms with van der Waals surface area (Å²) in [6.45, 7) is 1.66. The van der Waals surface area contributed by atoms with Crippen molar-refractivity contribution in [3.63, 3.8) is 0 Å². The number of ether oxygens (including phenoxy) is 3. The fraction of sp³-hybridized carbons (Fsp3) is 0.278. The fourth-order valence-electron chi connectivity index (χ4n) is 2.49. The molecule has 0 aromatic heterocycles. The van der Waals surface area contributed by atoms with Gasteiger partial charge in [0.15, 0.2) is 0 Å². The maximum atomic E-state index is 12.8. The number of sulfonamides is 1. The number of halogens is 1. The number of nitrogens with one attached hydrogen (secondary N) is 1. The lowest BCUT2D eigenvalue weighted by Gasteiger charge is -2.19. The summed E-state index contributed by atoms with van der Waals surface area (Å²) in [6.07, 6.45) is 0. The third-order valence-corrected chi connectivity index (χ3v) is 5.90. The van der Waals surface area contributed by atoms with Crippen LogP contribution in [0, 0.1) is 0 Å². The number of hydrogen-bond donors (Lipinski definition) is 1. The molecule has 2 aromatic rings. The second kappa shape index (κ2) is 8.60. The molecular weight excluding hydrogens is 394 g/mol. The number of carbonyl (C=O) groups is 1. The molecule has 1 N–H and O–H groups in total. The largest absolute Gasteiger partial charge is 0.497 e. The highest BCUT2D eigenvalue weighted by Crippen LogP contribution is 2.31. The van der Waals surface area contributed by atoms with Crippen molar-refractivity contribution in [3.05, 3.63) is 52.5 Å². The predicted octanol–water partition coefficient (Wildman–Crippen LogP) is 3.18. The van der Waals surface area contributed by atoms with Crippen LogP contribution in [0.3, 0.4) is 0 Å². The number of benzene rings is 2. The molecule has 0 bridgehead atoms. The molecule has 0 saturated heterocycles. The number of esters is 1. The fourth-order valence-corrected chi connectivity index (χ4v) is 4.24. The van der Waals surface area contributed by atoms with Gasteiger partial charge >= 0.3 is 5.97 Å². The van der Waals surface area contributed by atoms with Gasteiger partial charge < -0.3 is 14.2 Å². The van der Waals surface area contributed by atoms with E-state index in [0.29, 0.717) is 17.1 Å². The molecule has 2 aromatic carbocycles. The van der Waals surface area contributed by atoms with Gasteiger partial charge in [-0.15, -0.1) is 0 Å². The lowest BCUT2D eigenvalue weighted by molar-refractivity contribution is 0.0600. The van der Waals surface area contributed by atoms with Crippen LogP contribution in [0.4, 0.5) is 0 Å². The number of methoxy groups -OCH3 is 3. The van der Waals surface area contributed by atoms with Crippen LogP contribution < -0.4 is 14.2 Å². The topological polar surface area (TPSA) is 90.9 Å². The number of carbonyl (C=O) groups excluding carboxylic acids is 1. The molecule has 1 atom stereocenters. The summed E-state index contributed by atoms with van der Waals surface area (Å²) in [4.78, 5) is 11.5. The van der Waals surface area contributed by atoms with E-state index in [2.05, 4.69) is 9.46 Å².